The second-order valence-electron chi connectivity index (χ2n) is 35.3. The molecule has 18 heterocycles. The van der Waals surface area contributed by atoms with Gasteiger partial charge in [-0.15, -0.1) is 0 Å². The molecule has 6 aromatic heterocycles. The van der Waals surface area contributed by atoms with E-state index in [9.17, 15) is 90.7 Å². The van der Waals surface area contributed by atoms with Crippen LogP contribution < -0.4 is 108 Å². The zero-order valence-electron chi connectivity index (χ0n) is 81.1. The smallest absolute Gasteiger partial charge is 0.323 e. The molecule has 6 saturated heterocycles. The van der Waals surface area contributed by atoms with E-state index in [0.29, 0.717) is 96.4 Å². The van der Waals surface area contributed by atoms with Crippen LogP contribution in [0.2, 0.25) is 0 Å². The molecule has 0 amide bonds. The zero-order chi connectivity index (χ0) is 109. The number of esters is 3. The summed E-state index contributed by atoms with van der Waals surface area (Å²) in [6.45, 7) is 32.2. The molecule has 65 heteroatoms. The summed E-state index contributed by atoms with van der Waals surface area (Å²) in [4.78, 5) is 108. The number of ether oxygens (including phenoxy) is 10. The minimum atomic E-state index is -1.37. The largest absolute Gasteiger partial charge is 0.480 e. The van der Waals surface area contributed by atoms with Crippen molar-refractivity contribution in [2.24, 2.45) is 35.0 Å². The van der Waals surface area contributed by atoms with Crippen molar-refractivity contribution in [1.29, 1.82) is 0 Å². The van der Waals surface area contributed by atoms with Gasteiger partial charge in [-0.3, -0.25) is 53.6 Å². The van der Waals surface area contributed by atoms with Gasteiger partial charge in [-0.25, -0.2) is 4.98 Å². The molecule has 6 aromatic rings. The average Bonchev–Trinajstić information content (AvgIpc) is 1.62. The first-order chi connectivity index (χ1) is 70.3. The number of nitrogens with two attached hydrogens (primary N) is 10. The number of anilines is 15. The van der Waals surface area contributed by atoms with Crippen molar-refractivity contribution in [3.8, 4) is 5.88 Å². The molecular weight excluding hydrogens is 2090 g/mol. The third-order valence-corrected chi connectivity index (χ3v) is 30.3. The van der Waals surface area contributed by atoms with Crippen LogP contribution in [-0.4, -0.2) is 381 Å². The number of methoxy groups -OCH3 is 1. The van der Waals surface area contributed by atoms with Crippen LogP contribution in [0.1, 0.15) is 41.5 Å². The number of thioether (sulfide) groups is 6. The van der Waals surface area contributed by atoms with Crippen molar-refractivity contribution in [3.05, 3.63) is 86.2 Å². The minimum absolute atomic E-state index is 0.00245. The second kappa shape index (κ2) is 47.9. The van der Waals surface area contributed by atoms with Crippen LogP contribution >= 0.6 is 70.6 Å². The molecule has 12 aliphatic rings. The van der Waals surface area contributed by atoms with Gasteiger partial charge < -0.3 is 192 Å². The molecule has 816 valence electrons. The first-order valence-corrected chi connectivity index (χ1v) is 50.3. The lowest BCUT2D eigenvalue weighted by atomic mass is 10.1. The summed E-state index contributed by atoms with van der Waals surface area (Å²) < 4.78 is 54.4. The maximum Gasteiger partial charge on any atom is 0.323 e. The predicted octanol–water partition coefficient (Wildman–Crippen LogP) is -6.14. The van der Waals surface area contributed by atoms with Crippen molar-refractivity contribution in [2.75, 3.05) is 141 Å². The van der Waals surface area contributed by atoms with E-state index in [1.54, 1.807) is 76.5 Å². The van der Waals surface area contributed by atoms with Crippen molar-refractivity contribution in [1.82, 2.24) is 59.8 Å². The van der Waals surface area contributed by atoms with E-state index in [1.165, 1.54) is 80.6 Å². The number of aliphatic hydroxyl groups excluding tert-OH is 15. The fraction of sp³-hybridized carbons (Fsp3) is 0.536. The third-order valence-electron chi connectivity index (χ3n) is 24.3. The molecule has 27 atom stereocenters. The molecule has 0 radical (unpaired) electrons. The highest BCUT2D eigenvalue weighted by molar-refractivity contribution is 8.05. The number of aliphatic hydroxyl groups is 15. The highest BCUT2D eigenvalue weighted by atomic mass is 32.2. The molecule has 6 fully saturated rings. The monoisotopic (exact) mass is 2200 g/mol. The highest BCUT2D eigenvalue weighted by Crippen LogP contribution is 2.56. The van der Waals surface area contributed by atoms with Gasteiger partial charge in [0.1, 0.15) is 175 Å². The fourth-order valence-electron chi connectivity index (χ4n) is 16.1. The molecule has 38 N–H and O–H groups in total. The number of aromatic amines is 1. The van der Waals surface area contributed by atoms with Crippen LogP contribution in [0.5, 0.6) is 5.88 Å². The Morgan fingerprint density at radius 1 is 0.376 bits per heavy atom. The number of hydrogen-bond donors (Lipinski definition) is 28. The predicted molar refractivity (Wildman–Crippen MR) is 543 cm³/mol. The van der Waals surface area contributed by atoms with Gasteiger partial charge in [0.2, 0.25) is 41.6 Å². The lowest BCUT2D eigenvalue weighted by molar-refractivity contribution is -0.152. The number of nitrogens with one attached hydrogen (secondary N) is 3. The molecule has 59 nitrogen and oxygen atoms in total. The Morgan fingerprint density at radius 3 is 0.966 bits per heavy atom. The van der Waals surface area contributed by atoms with Gasteiger partial charge in [-0.05, 0) is 17.8 Å². The van der Waals surface area contributed by atoms with E-state index in [-0.39, 0.29) is 96.4 Å². The molecule has 0 aromatic carbocycles. The number of nitrogens with zero attached hydrogens (tertiary/aromatic N) is 17. The summed E-state index contributed by atoms with van der Waals surface area (Å²) in [6.07, 6.45) is -24.9. The van der Waals surface area contributed by atoms with E-state index in [0.717, 1.165) is 16.7 Å². The van der Waals surface area contributed by atoms with Gasteiger partial charge in [0.25, 0.3) is 5.56 Å². The number of rotatable bonds is 24. The Labute approximate surface area is 874 Å². The van der Waals surface area contributed by atoms with Crippen molar-refractivity contribution >= 4 is 177 Å². The van der Waals surface area contributed by atoms with Gasteiger partial charge in [0, 0.05) is 20.3 Å². The lowest BCUT2D eigenvalue weighted by Gasteiger charge is -2.28. The first kappa shape index (κ1) is 115. The normalized spacial score (nSPS) is 29.3. The van der Waals surface area contributed by atoms with E-state index < -0.39 is 202 Å². The fourth-order valence-corrected chi connectivity index (χ4v) is 21.8. The molecule has 12 aliphatic heterocycles. The second-order valence-corrected chi connectivity index (χ2v) is 41.8. The SMILES string of the molecule is C=C1Sc2c(N)nc(N)nc2N1[C@@H]1O[C@H](COC(=O)[C@@H](N)C(C)C)[C@@H](O)[C@H]1O.C=C1Sc2c(NC)nc(N)nc2N1[C@@H]1O[C@H](CO)[C@@H](O)[C@H]1O.C=C1Sc2c(NC)nc(N)nc2N1[C@@H]1O[C@H](COC(=O)[C@@H](N)C(C)C)[C@@H](O)[C@H]1O.C=C1Sc2c(OC)nc(N)nc2N1[C@@H]1O[C@H](CO)[C@@H](O)[C@H]1O.C=C1Sc2c(nc(N)[nH]c2=O)N1[C@@H]1O[C@H](COC(=O)[C@@H](N)C(C)C)[C@@H](O)[C@H]1O.C=C1Sc2cnc(N)nc2N1[C@@H]1O[C@H](CO)[C@@H](O)[C@H]1O. The number of carbonyl (C=O) groups excluding carboxylic acids is 3. The van der Waals surface area contributed by atoms with Crippen molar-refractivity contribution < 1.29 is 138 Å². The van der Waals surface area contributed by atoms with Crippen LogP contribution in [0.15, 0.2) is 110 Å². The van der Waals surface area contributed by atoms with Crippen LogP contribution in [0, 0.1) is 17.8 Å². The van der Waals surface area contributed by atoms with Crippen molar-refractivity contribution in [3.63, 3.8) is 0 Å². The molecule has 0 unspecified atom stereocenters. The van der Waals surface area contributed by atoms with Crippen LogP contribution in [-0.2, 0) is 57.0 Å². The quantitative estimate of drug-likeness (QED) is 0.0198. The Balaban J connectivity index is 0.000000150. The minimum Gasteiger partial charge on any atom is -0.480 e. The van der Waals surface area contributed by atoms with Gasteiger partial charge >= 0.3 is 17.9 Å². The summed E-state index contributed by atoms with van der Waals surface area (Å²) in [5.41, 5.74) is 56.7. The zero-order valence-corrected chi connectivity index (χ0v) is 86.0. The Bertz CT molecular complexity index is 5950. The Kier molecular flexibility index (Phi) is 37.1. The molecule has 18 rings (SSSR count). The van der Waals surface area contributed by atoms with Crippen LogP contribution in [0.4, 0.5) is 88.1 Å². The number of hydrogen-bond acceptors (Lipinski definition) is 64. The molecular formula is C84H120N30O29S6. The molecule has 149 heavy (non-hydrogen) atoms. The average molecular weight is 2210 g/mol. The summed E-state index contributed by atoms with van der Waals surface area (Å²) in [5.74, 6) is 1.65. The van der Waals surface area contributed by atoms with E-state index >= 15 is 0 Å². The molecule has 0 bridgehead atoms. The lowest BCUT2D eigenvalue weighted by Crippen LogP contribution is -2.43. The maximum absolute atomic E-state index is 12.1. The number of aromatic nitrogens is 12. The highest BCUT2D eigenvalue weighted by Gasteiger charge is 2.57. The third kappa shape index (κ3) is 23.7. The van der Waals surface area contributed by atoms with Gasteiger partial charge in [0.05, 0.1) is 76.7 Å². The Hall–Kier alpha value is -10.9. The summed E-state index contributed by atoms with van der Waals surface area (Å²) in [5, 5.41) is 159. The number of H-pyrrole nitrogens is 1. The number of fused-ring (bicyclic) bond motifs is 6. The van der Waals surface area contributed by atoms with Gasteiger partial charge in [-0.2, -0.15) is 49.8 Å². The summed E-state index contributed by atoms with van der Waals surface area (Å²) in [6, 6.07) is -2.38. The topological polar surface area (TPSA) is 925 Å². The van der Waals surface area contributed by atoms with E-state index in [2.05, 4.69) is 110 Å². The number of carbonyl (C=O) groups is 3. The van der Waals surface area contributed by atoms with Gasteiger partial charge in [-0.1, -0.05) is 152 Å². The van der Waals surface area contributed by atoms with Crippen molar-refractivity contribution in [2.45, 2.75) is 236 Å². The standard InChI is InChI=1S/C17H26N6O5S.C16H24N6O5S.C16H23N5O6S.C12H17N5O4S.C12H16N4O5S.C11H14N4O4S/c1-6(2)9(18)16(26)27-5-8-10(24)11(25)15(28-8)23-7(3)29-12-13(20-4)21-17(19)22-14(12)23;1-5(2)8(17)15(25)26-4-7-9(23)10(24)14(27-7)22-6(3)28-11-12(18)20-16(19)21-13(11)22;1-5(2)8(17)15(25)26-4-7-9(22)10(23)14(27-7)21-6(3)28-11-12(21)19-16(18)20-13(11)24;1-4-17(11-7(20)6(19)5(3-18)21-11)10-8(22-4)9(14-2)15-12(13)16-10;1-4-16(11-7(19)6(18)5(3-17)21-11)9-8(22-4)10(20-2)15-12(13)14-9;1-4-15(9-6(20-4)2-13-11(12)14-9)10-8(18)7(17)5(3-16)19-10/h6,8-11,15,24-25H,3,5,18H2,1-2,4H3,(H3,19,20,21,22);5,7-10,14,23-24H,3-4,17H2,1-2H3,(H4,18,19,20,21);5,7-10,14,22-23H,3-4,17H2,1-2H3,(H3,18,19,20,24);5-7,11,18-20H,1,3H2,2H3,(H3,13,14,15,16);5-7,11,17-19H,1,3H2,2H3,(H2,13,14,15);2,5,7-8,10,16-18H,1,3H2,(H2,12,13,14)/t8-,9+,10-,11-,15-;2*7-,8+,9-,10-,14-;2*5-,6-,7-,11-;5-,7-,8-,10-/m111111/s1. The summed E-state index contributed by atoms with van der Waals surface area (Å²) in [7, 11) is 4.87. The Morgan fingerprint density at radius 2 is 0.644 bits per heavy atom. The molecule has 0 saturated carbocycles. The van der Waals surface area contributed by atoms with Gasteiger partial charge in [0.15, 0.2) is 72.3 Å². The molecule has 0 aliphatic carbocycles. The van der Waals surface area contributed by atoms with E-state index in [4.69, 9.17) is 110 Å². The van der Waals surface area contributed by atoms with Crippen LogP contribution in [0.3, 0.4) is 0 Å². The first-order valence-electron chi connectivity index (χ1n) is 45.4. The molecule has 0 spiro atoms. The van der Waals surface area contributed by atoms with Crippen LogP contribution in [0.25, 0.3) is 0 Å². The number of nitrogen functional groups attached to an aromatic ring is 7. The summed E-state index contributed by atoms with van der Waals surface area (Å²) >= 11 is 7.42. The maximum atomic E-state index is 12.1. The van der Waals surface area contributed by atoms with E-state index in [1.807, 2.05) is 0 Å².